The van der Waals surface area contributed by atoms with Crippen LogP contribution in [0.15, 0.2) is 96.5 Å². The first-order valence-electron chi connectivity index (χ1n) is 19.8. The number of fused-ring (bicyclic) bond motifs is 1. The van der Waals surface area contributed by atoms with Gasteiger partial charge in [0.05, 0.1) is 5.02 Å². The lowest BCUT2D eigenvalue weighted by molar-refractivity contribution is -0.117. The van der Waals surface area contributed by atoms with Gasteiger partial charge in [0.25, 0.3) is 0 Å². The highest BCUT2D eigenvalue weighted by atomic mass is 35.5. The van der Waals surface area contributed by atoms with Gasteiger partial charge in [0.2, 0.25) is 0 Å². The zero-order valence-corrected chi connectivity index (χ0v) is 37.0. The molecule has 0 fully saturated rings. The summed E-state index contributed by atoms with van der Waals surface area (Å²) < 4.78 is 12.8. The summed E-state index contributed by atoms with van der Waals surface area (Å²) in [5.74, 6) is 0.473. The predicted molar refractivity (Wildman–Crippen MR) is 238 cm³/mol. The first-order chi connectivity index (χ1) is 25.6. The molecule has 0 aliphatic rings. The minimum absolute atomic E-state index is 0.173. The molecular weight excluding hydrogens is 691 g/mol. The second-order valence-corrected chi connectivity index (χ2v) is 14.8. The Morgan fingerprint density at radius 1 is 1.02 bits per heavy atom. The fraction of sp³-hybridized carbons (Fsp3) is 0.511. The molecule has 1 atom stereocenters. The Kier molecular flexibility index (Phi) is 29.6. The third-order valence-electron chi connectivity index (χ3n) is 7.84. The summed E-state index contributed by atoms with van der Waals surface area (Å²) in [5.41, 5.74) is 5.72. The standard InChI is InChI=1S/C24H44N2O.C10H9N.C9H9ClFN.2C2H6/c1-10-15-26(22(5)16-24(7,8)9)18-20(3)17-25-21(4)13-11-19(2)12-14-23(6)27;1-8-6-9-4-2-3-5-10(9)7-11-8;1-2-12-6-7-4-3-5-8(11)9(7)10;2*1-2/h17,19H,5,10-16,18H2,1-4,6-9H3;2-7H,1H3;2-5,12H,1,6H2;2*1-2H3/b20-17+,25-21?;;;;. The average molecular weight is 766 g/mol. The molecule has 2 aromatic carbocycles. The molecular formula is C47H74ClFN4O. The number of aryl methyl sites for hydroxylation is 1. The van der Waals surface area contributed by atoms with Gasteiger partial charge in [0.15, 0.2) is 0 Å². The fourth-order valence-corrected chi connectivity index (χ4v) is 5.27. The zero-order chi connectivity index (χ0) is 41.7. The summed E-state index contributed by atoms with van der Waals surface area (Å²) in [6, 6.07) is 15.1. The van der Waals surface area contributed by atoms with Gasteiger partial charge in [-0.15, -0.1) is 0 Å². The summed E-state index contributed by atoms with van der Waals surface area (Å²) in [6.07, 6.45) is 11.4. The van der Waals surface area contributed by atoms with Crippen molar-refractivity contribution in [1.29, 1.82) is 0 Å². The number of ketones is 1. The van der Waals surface area contributed by atoms with E-state index in [9.17, 15) is 9.18 Å². The van der Waals surface area contributed by atoms with E-state index in [-0.39, 0.29) is 22.0 Å². The van der Waals surface area contributed by atoms with E-state index >= 15 is 0 Å². The van der Waals surface area contributed by atoms with Crippen LogP contribution in [0.2, 0.25) is 5.02 Å². The number of rotatable bonds is 16. The molecule has 7 heteroatoms. The Morgan fingerprint density at radius 3 is 2.20 bits per heavy atom. The molecule has 54 heavy (non-hydrogen) atoms. The van der Waals surface area contributed by atoms with E-state index in [0.29, 0.717) is 18.9 Å². The third kappa shape index (κ3) is 25.3. The number of Topliss-reactive ketones (excluding diaryl/α,β-unsaturated/α-hetero) is 1. The van der Waals surface area contributed by atoms with Crippen LogP contribution in [0.5, 0.6) is 0 Å². The largest absolute Gasteiger partial charge is 0.387 e. The SMILES string of the molecule is C=C(CC(C)(C)C)N(CCC)C/C(C)=C/N=C(C)CCC(C)CCC(C)=O.C=CNCc1cccc(F)c1Cl.CC.CC.Cc1cc2ccccc2cn1. The minimum atomic E-state index is -0.389. The van der Waals surface area contributed by atoms with Crippen molar-refractivity contribution >= 4 is 33.9 Å². The molecule has 0 spiro atoms. The van der Waals surface area contributed by atoms with Crippen LogP contribution in [0.1, 0.15) is 133 Å². The second-order valence-electron chi connectivity index (χ2n) is 14.4. The van der Waals surface area contributed by atoms with E-state index in [1.807, 2.05) is 59.1 Å². The maximum atomic E-state index is 12.8. The summed E-state index contributed by atoms with van der Waals surface area (Å²) in [6.45, 7) is 37.4. The Labute approximate surface area is 335 Å². The number of aromatic nitrogens is 1. The molecule has 1 N–H and O–H groups in total. The molecule has 3 rings (SSSR count). The molecule has 302 valence electrons. The second kappa shape index (κ2) is 30.5. The van der Waals surface area contributed by atoms with Crippen LogP contribution in [0, 0.1) is 24.1 Å². The lowest BCUT2D eigenvalue weighted by Gasteiger charge is -2.31. The van der Waals surface area contributed by atoms with Crippen LogP contribution in [-0.2, 0) is 11.3 Å². The maximum Gasteiger partial charge on any atom is 0.142 e. The van der Waals surface area contributed by atoms with Crippen molar-refractivity contribution < 1.29 is 9.18 Å². The van der Waals surface area contributed by atoms with E-state index in [1.165, 1.54) is 33.8 Å². The van der Waals surface area contributed by atoms with Crippen LogP contribution in [-0.4, -0.2) is 34.5 Å². The van der Waals surface area contributed by atoms with Crippen molar-refractivity contribution in [1.82, 2.24) is 15.2 Å². The lowest BCUT2D eigenvalue weighted by atomic mass is 9.90. The normalized spacial score (nSPS) is 11.5. The molecule has 5 nitrogen and oxygen atoms in total. The van der Waals surface area contributed by atoms with Crippen molar-refractivity contribution in [2.45, 2.75) is 135 Å². The monoisotopic (exact) mass is 765 g/mol. The Bertz CT molecular complexity index is 1560. The summed E-state index contributed by atoms with van der Waals surface area (Å²) >= 11 is 5.68. The molecule has 1 aromatic heterocycles. The van der Waals surface area contributed by atoms with Gasteiger partial charge in [-0.3, -0.25) is 9.98 Å². The number of benzene rings is 2. The average Bonchev–Trinajstić information content (AvgIpc) is 3.14. The van der Waals surface area contributed by atoms with Crippen LogP contribution in [0.25, 0.3) is 10.8 Å². The predicted octanol–water partition coefficient (Wildman–Crippen LogP) is 14.1. The minimum Gasteiger partial charge on any atom is -0.387 e. The number of nitrogens with zero attached hydrogens (tertiary/aromatic N) is 3. The van der Waals surface area contributed by atoms with Gasteiger partial charge in [0, 0.05) is 60.9 Å². The highest BCUT2D eigenvalue weighted by Gasteiger charge is 2.16. The van der Waals surface area contributed by atoms with Gasteiger partial charge < -0.3 is 15.0 Å². The molecule has 0 bridgehead atoms. The molecule has 1 unspecified atom stereocenters. The number of carbonyl (C=O) groups excluding carboxylic acids is 1. The van der Waals surface area contributed by atoms with E-state index in [4.69, 9.17) is 11.6 Å². The summed E-state index contributed by atoms with van der Waals surface area (Å²) in [5, 5.41) is 5.49. The van der Waals surface area contributed by atoms with E-state index in [0.717, 1.165) is 56.5 Å². The molecule has 1 heterocycles. The number of carbonyl (C=O) groups is 1. The molecule has 0 radical (unpaired) electrons. The summed E-state index contributed by atoms with van der Waals surface area (Å²) in [4.78, 5) is 22.4. The van der Waals surface area contributed by atoms with Gasteiger partial charge in [-0.05, 0) is 106 Å². The smallest absolute Gasteiger partial charge is 0.142 e. The first kappa shape index (κ1) is 52.3. The number of halogens is 2. The van der Waals surface area contributed by atoms with E-state index < -0.39 is 0 Å². The number of pyridine rings is 1. The first-order valence-corrected chi connectivity index (χ1v) is 20.1. The van der Waals surface area contributed by atoms with Crippen LogP contribution < -0.4 is 5.32 Å². The Hall–Kier alpha value is -3.77. The van der Waals surface area contributed by atoms with Crippen molar-refractivity contribution in [3.05, 3.63) is 114 Å². The Balaban J connectivity index is 0. The van der Waals surface area contributed by atoms with Gasteiger partial charge in [-0.1, -0.05) is 123 Å². The number of aliphatic imine (C=N–C) groups is 1. The van der Waals surface area contributed by atoms with Gasteiger partial charge in [-0.25, -0.2) is 4.39 Å². The Morgan fingerprint density at radius 2 is 1.63 bits per heavy atom. The van der Waals surface area contributed by atoms with Crippen LogP contribution in [0.4, 0.5) is 4.39 Å². The number of nitrogens with one attached hydrogen (secondary N) is 1. The van der Waals surface area contributed by atoms with Crippen LogP contribution in [0.3, 0.4) is 0 Å². The van der Waals surface area contributed by atoms with Gasteiger partial charge in [-0.2, -0.15) is 0 Å². The molecule has 0 aliphatic heterocycles. The fourth-order valence-electron chi connectivity index (χ4n) is 5.08. The van der Waals surface area contributed by atoms with Crippen LogP contribution >= 0.6 is 11.6 Å². The zero-order valence-electron chi connectivity index (χ0n) is 36.2. The van der Waals surface area contributed by atoms with Crippen molar-refractivity contribution in [3.8, 4) is 0 Å². The molecule has 0 aliphatic carbocycles. The quantitative estimate of drug-likeness (QED) is 0.148. The highest BCUT2D eigenvalue weighted by molar-refractivity contribution is 6.31. The van der Waals surface area contributed by atoms with Gasteiger partial charge >= 0.3 is 0 Å². The van der Waals surface area contributed by atoms with E-state index in [2.05, 4.69) is 100 Å². The molecule has 0 saturated carbocycles. The number of allylic oxidation sites excluding steroid dienone is 1. The molecule has 0 amide bonds. The topological polar surface area (TPSA) is 57.6 Å². The molecule has 3 aromatic rings. The third-order valence-corrected chi connectivity index (χ3v) is 8.27. The lowest BCUT2D eigenvalue weighted by Crippen LogP contribution is -2.27. The van der Waals surface area contributed by atoms with E-state index in [1.54, 1.807) is 25.3 Å². The highest BCUT2D eigenvalue weighted by Crippen LogP contribution is 2.26. The molecule has 0 saturated heterocycles. The maximum absolute atomic E-state index is 12.8. The van der Waals surface area contributed by atoms with Crippen molar-refractivity contribution in [2.24, 2.45) is 16.3 Å². The van der Waals surface area contributed by atoms with Crippen molar-refractivity contribution in [2.75, 3.05) is 13.1 Å². The summed E-state index contributed by atoms with van der Waals surface area (Å²) in [7, 11) is 0. The van der Waals surface area contributed by atoms with Crippen molar-refractivity contribution in [3.63, 3.8) is 0 Å². The number of hydrogen-bond acceptors (Lipinski definition) is 5. The number of hydrogen-bond donors (Lipinski definition) is 1. The van der Waals surface area contributed by atoms with Gasteiger partial charge in [0.1, 0.15) is 11.6 Å².